The van der Waals surface area contributed by atoms with E-state index in [1.54, 1.807) is 30.2 Å². The van der Waals surface area contributed by atoms with E-state index in [4.69, 9.17) is 25.8 Å². The lowest BCUT2D eigenvalue weighted by atomic mass is 10.0. The average Bonchev–Trinajstić information content (AvgIpc) is 2.79. The maximum atomic E-state index is 12.9. The van der Waals surface area contributed by atoms with Crippen molar-refractivity contribution < 1.29 is 19.0 Å². The van der Waals surface area contributed by atoms with Gasteiger partial charge in [0.15, 0.2) is 0 Å². The zero-order valence-electron chi connectivity index (χ0n) is 13.1. The fourth-order valence-electron chi connectivity index (χ4n) is 3.00. The van der Waals surface area contributed by atoms with E-state index in [0.717, 1.165) is 6.54 Å². The first-order valence-corrected chi connectivity index (χ1v) is 8.07. The molecule has 0 bridgehead atoms. The van der Waals surface area contributed by atoms with Crippen molar-refractivity contribution >= 4 is 17.5 Å². The van der Waals surface area contributed by atoms with Crippen LogP contribution in [0.25, 0.3) is 0 Å². The number of nitrogens with zero attached hydrogens (tertiary/aromatic N) is 1. The highest BCUT2D eigenvalue weighted by molar-refractivity contribution is 6.31. The van der Waals surface area contributed by atoms with Crippen molar-refractivity contribution in [1.29, 1.82) is 0 Å². The van der Waals surface area contributed by atoms with Crippen LogP contribution in [-0.4, -0.2) is 69.5 Å². The zero-order chi connectivity index (χ0) is 16.3. The lowest BCUT2D eigenvalue weighted by Crippen LogP contribution is -2.59. The number of morpholine rings is 1. The summed E-state index contributed by atoms with van der Waals surface area (Å²) in [6.07, 6.45) is 0. The van der Waals surface area contributed by atoms with Crippen LogP contribution in [0.15, 0.2) is 18.2 Å². The second kappa shape index (κ2) is 7.05. The van der Waals surface area contributed by atoms with E-state index in [0.29, 0.717) is 55.8 Å². The number of benzene rings is 1. The number of halogens is 1. The number of nitrogens with one attached hydrogen (secondary N) is 1. The average molecular weight is 341 g/mol. The molecule has 0 aliphatic carbocycles. The molecule has 1 aromatic rings. The number of carbonyl (C=O) groups is 1. The molecule has 7 heteroatoms. The van der Waals surface area contributed by atoms with Gasteiger partial charge in [0.2, 0.25) is 0 Å². The second-order valence-electron chi connectivity index (χ2n) is 5.83. The van der Waals surface area contributed by atoms with Crippen LogP contribution < -0.4 is 10.1 Å². The van der Waals surface area contributed by atoms with Crippen LogP contribution in [0, 0.1) is 0 Å². The predicted molar refractivity (Wildman–Crippen MR) is 86.3 cm³/mol. The molecule has 3 rings (SSSR count). The lowest BCUT2D eigenvalue weighted by Gasteiger charge is -2.41. The van der Waals surface area contributed by atoms with E-state index in [1.165, 1.54) is 0 Å². The molecule has 2 fully saturated rings. The van der Waals surface area contributed by atoms with Gasteiger partial charge in [-0.1, -0.05) is 11.6 Å². The summed E-state index contributed by atoms with van der Waals surface area (Å²) in [6.45, 7) is 4.10. The minimum Gasteiger partial charge on any atom is -0.496 e. The van der Waals surface area contributed by atoms with Gasteiger partial charge in [-0.3, -0.25) is 4.79 Å². The van der Waals surface area contributed by atoms with Gasteiger partial charge in [-0.05, 0) is 18.2 Å². The van der Waals surface area contributed by atoms with E-state index >= 15 is 0 Å². The van der Waals surface area contributed by atoms with Crippen LogP contribution >= 0.6 is 11.6 Å². The summed E-state index contributed by atoms with van der Waals surface area (Å²) >= 11 is 6.04. The maximum Gasteiger partial charge on any atom is 0.257 e. The number of amides is 1. The van der Waals surface area contributed by atoms with Gasteiger partial charge in [0.25, 0.3) is 5.91 Å². The Morgan fingerprint density at radius 2 is 2.30 bits per heavy atom. The maximum absolute atomic E-state index is 12.9. The molecule has 23 heavy (non-hydrogen) atoms. The van der Waals surface area contributed by atoms with Crippen LogP contribution in [-0.2, 0) is 9.47 Å². The van der Waals surface area contributed by atoms with E-state index < -0.39 is 5.60 Å². The Hall–Kier alpha value is -1.34. The largest absolute Gasteiger partial charge is 0.496 e. The van der Waals surface area contributed by atoms with Crippen molar-refractivity contribution in [3.05, 3.63) is 28.8 Å². The molecule has 1 N–H and O–H groups in total. The predicted octanol–water partition coefficient (Wildman–Crippen LogP) is 1.18. The standard InChI is InChI=1S/C16H21ClN2O4/c1-21-14-3-2-12(17)8-13(14)15(20)19-5-7-23-16(10-19)9-18-4-6-22-11-16/h2-3,8,18H,4-7,9-11H2,1H3. The fourth-order valence-corrected chi connectivity index (χ4v) is 3.17. The molecule has 2 heterocycles. The Bertz CT molecular complexity index is 573. The minimum atomic E-state index is -0.490. The third-order valence-electron chi connectivity index (χ3n) is 4.16. The first-order valence-electron chi connectivity index (χ1n) is 7.69. The smallest absolute Gasteiger partial charge is 0.257 e. The van der Waals surface area contributed by atoms with E-state index in [2.05, 4.69) is 5.32 Å². The molecular formula is C16H21ClN2O4. The molecule has 0 radical (unpaired) electrons. The van der Waals surface area contributed by atoms with Gasteiger partial charge >= 0.3 is 0 Å². The highest BCUT2D eigenvalue weighted by atomic mass is 35.5. The summed E-state index contributed by atoms with van der Waals surface area (Å²) in [5.74, 6) is 0.423. The van der Waals surface area contributed by atoms with Crippen molar-refractivity contribution in [2.45, 2.75) is 5.60 Å². The molecule has 6 nitrogen and oxygen atoms in total. The number of ether oxygens (including phenoxy) is 3. The van der Waals surface area contributed by atoms with E-state index in [1.807, 2.05) is 0 Å². The number of hydrogen-bond acceptors (Lipinski definition) is 5. The monoisotopic (exact) mass is 340 g/mol. The topological polar surface area (TPSA) is 60.0 Å². The highest BCUT2D eigenvalue weighted by Crippen LogP contribution is 2.27. The SMILES string of the molecule is COc1ccc(Cl)cc1C(=O)N1CCOC2(CNCCOC2)C1. The molecular weight excluding hydrogens is 320 g/mol. The van der Waals surface area contributed by atoms with Gasteiger partial charge in [-0.15, -0.1) is 0 Å². The molecule has 0 aromatic heterocycles. The van der Waals surface area contributed by atoms with Gasteiger partial charge in [0.1, 0.15) is 11.4 Å². The quantitative estimate of drug-likeness (QED) is 0.876. The first-order chi connectivity index (χ1) is 11.1. The molecule has 1 amide bonds. The molecule has 1 unspecified atom stereocenters. The van der Waals surface area contributed by atoms with Gasteiger partial charge in [0.05, 0.1) is 39.0 Å². The minimum absolute atomic E-state index is 0.101. The van der Waals surface area contributed by atoms with Crippen molar-refractivity contribution in [1.82, 2.24) is 10.2 Å². The summed E-state index contributed by atoms with van der Waals surface area (Å²) in [7, 11) is 1.55. The Morgan fingerprint density at radius 3 is 3.13 bits per heavy atom. The Labute approximate surface area is 140 Å². The van der Waals surface area contributed by atoms with Gasteiger partial charge < -0.3 is 24.4 Å². The summed E-state index contributed by atoms with van der Waals surface area (Å²) < 4.78 is 16.9. The van der Waals surface area contributed by atoms with Crippen LogP contribution in [0.3, 0.4) is 0 Å². The van der Waals surface area contributed by atoms with Crippen molar-refractivity contribution in [3.63, 3.8) is 0 Å². The number of rotatable bonds is 2. The molecule has 126 valence electrons. The molecule has 0 saturated carbocycles. The Morgan fingerprint density at radius 1 is 1.43 bits per heavy atom. The van der Waals surface area contributed by atoms with Gasteiger partial charge in [-0.25, -0.2) is 0 Å². The molecule has 2 saturated heterocycles. The van der Waals surface area contributed by atoms with Crippen molar-refractivity contribution in [2.75, 3.05) is 53.1 Å². The third kappa shape index (κ3) is 3.61. The summed E-state index contributed by atoms with van der Waals surface area (Å²) in [6, 6.07) is 5.07. The van der Waals surface area contributed by atoms with Crippen molar-refractivity contribution in [3.8, 4) is 5.75 Å². The first kappa shape index (κ1) is 16.5. The molecule has 2 aliphatic heterocycles. The van der Waals surface area contributed by atoms with Gasteiger partial charge in [0, 0.05) is 24.7 Å². The van der Waals surface area contributed by atoms with Crippen LogP contribution in [0.2, 0.25) is 5.02 Å². The molecule has 2 aliphatic rings. The van der Waals surface area contributed by atoms with Crippen LogP contribution in [0.5, 0.6) is 5.75 Å². The van der Waals surface area contributed by atoms with E-state index in [9.17, 15) is 4.79 Å². The third-order valence-corrected chi connectivity index (χ3v) is 4.40. The van der Waals surface area contributed by atoms with Crippen molar-refractivity contribution in [2.24, 2.45) is 0 Å². The normalized spacial score (nSPS) is 25.2. The second-order valence-corrected chi connectivity index (χ2v) is 6.27. The zero-order valence-corrected chi connectivity index (χ0v) is 13.9. The van der Waals surface area contributed by atoms with Crippen LogP contribution in [0.4, 0.5) is 0 Å². The Kier molecular flexibility index (Phi) is 5.06. The summed E-state index contributed by atoms with van der Waals surface area (Å²) in [5.41, 5.74) is -0.0181. The fraction of sp³-hybridized carbons (Fsp3) is 0.562. The van der Waals surface area contributed by atoms with Crippen LogP contribution in [0.1, 0.15) is 10.4 Å². The number of hydrogen-bond donors (Lipinski definition) is 1. The lowest BCUT2D eigenvalue weighted by molar-refractivity contribution is -0.125. The molecule has 1 spiro atoms. The number of methoxy groups -OCH3 is 1. The van der Waals surface area contributed by atoms with E-state index in [-0.39, 0.29) is 5.91 Å². The molecule has 1 atom stereocenters. The van der Waals surface area contributed by atoms with Gasteiger partial charge in [-0.2, -0.15) is 0 Å². The summed E-state index contributed by atoms with van der Waals surface area (Å²) in [5, 5.41) is 3.82. The number of carbonyl (C=O) groups excluding carboxylic acids is 1. The molecule has 1 aromatic carbocycles. The highest BCUT2D eigenvalue weighted by Gasteiger charge is 2.40. The Balaban J connectivity index is 1.80. The summed E-state index contributed by atoms with van der Waals surface area (Å²) in [4.78, 5) is 14.7.